The highest BCUT2D eigenvalue weighted by Crippen LogP contribution is 2.36. The monoisotopic (exact) mass is 691 g/mol. The van der Waals surface area contributed by atoms with Crippen LogP contribution in [0.3, 0.4) is 0 Å². The molecule has 0 aromatic heterocycles. The molecular weight excluding hydrogens is 645 g/mol. The number of hydrogen-bond donors (Lipinski definition) is 3. The van der Waals surface area contributed by atoms with Crippen molar-refractivity contribution in [1.82, 2.24) is 14.5 Å². The first-order chi connectivity index (χ1) is 22.3. The minimum atomic E-state index is -4.18. The average Bonchev–Trinajstić information content (AvgIpc) is 3.65. The highest BCUT2D eigenvalue weighted by atomic mass is 32.2. The van der Waals surface area contributed by atoms with E-state index in [1.165, 1.54) is 16.4 Å². The number of amides is 2. The van der Waals surface area contributed by atoms with Gasteiger partial charge in [0.25, 0.3) is 5.24 Å². The van der Waals surface area contributed by atoms with Gasteiger partial charge in [0.1, 0.15) is 6.09 Å². The minimum Gasteiger partial charge on any atom is -0.530 e. The summed E-state index contributed by atoms with van der Waals surface area (Å²) < 4.78 is 41.0. The van der Waals surface area contributed by atoms with E-state index >= 15 is 0 Å². The average molecular weight is 692 g/mol. The summed E-state index contributed by atoms with van der Waals surface area (Å²) in [5.74, 6) is -0.231. The van der Waals surface area contributed by atoms with Crippen LogP contribution in [0, 0.1) is 11.3 Å². The van der Waals surface area contributed by atoms with Crippen molar-refractivity contribution in [1.29, 1.82) is 0 Å². The van der Waals surface area contributed by atoms with E-state index in [2.05, 4.69) is 5.32 Å². The normalized spacial score (nSPS) is 20.9. The summed E-state index contributed by atoms with van der Waals surface area (Å²) in [5.41, 5.74) is 6.48. The molecule has 260 valence electrons. The number of nitrogen functional groups attached to an aromatic ring is 1. The van der Waals surface area contributed by atoms with Gasteiger partial charge in [0.2, 0.25) is 10.0 Å². The number of fused-ring (bicyclic) bond motifs is 1. The number of nitrogens with one attached hydrogen (secondary N) is 1. The molecule has 47 heavy (non-hydrogen) atoms. The lowest BCUT2D eigenvalue weighted by molar-refractivity contribution is -0.273. The zero-order valence-electron chi connectivity index (χ0n) is 27.2. The number of anilines is 1. The van der Waals surface area contributed by atoms with Crippen LogP contribution >= 0.6 is 11.8 Å². The van der Waals surface area contributed by atoms with Crippen molar-refractivity contribution in [3.8, 4) is 0 Å². The number of carboxylic acid groups (broad SMARTS) is 1. The second kappa shape index (κ2) is 16.5. The molecule has 14 heteroatoms. The topological polar surface area (TPSA) is 175 Å². The molecule has 12 nitrogen and oxygen atoms in total. The number of sulfonamides is 1. The third-order valence-electron chi connectivity index (χ3n) is 8.89. The van der Waals surface area contributed by atoms with Gasteiger partial charge in [0.05, 0.1) is 36.3 Å². The van der Waals surface area contributed by atoms with E-state index in [9.17, 15) is 28.2 Å². The Morgan fingerprint density at radius 3 is 2.57 bits per heavy atom. The largest absolute Gasteiger partial charge is 0.530 e. The zero-order valence-corrected chi connectivity index (χ0v) is 28.9. The standard InChI is InChI=1S/C33H48N4O8S2/c1-33(2,15-7-8-16-35-31(39)46-3)22-36(47(42,43)25-13-9-12-24(34)19-25)20-29(38)27(18-23-10-5-4-6-11-23)37(32(40)41)28-21-45-30-26(28)14-17-44-30/h4-6,9-13,19,26-30,38H,7-8,14-18,20-22,34H2,1-3H3,(H,35,39)(H,40,41)/p-1/t26-,27-,28-,29+,30+/m0/s1. The number of aliphatic hydroxyl groups excluding tert-OH is 1. The maximum atomic E-state index is 14.2. The van der Waals surface area contributed by atoms with Gasteiger partial charge < -0.3 is 40.4 Å². The van der Waals surface area contributed by atoms with Crippen LogP contribution in [0.25, 0.3) is 0 Å². The Labute approximate surface area is 282 Å². The van der Waals surface area contributed by atoms with Crippen molar-refractivity contribution in [3.63, 3.8) is 0 Å². The van der Waals surface area contributed by atoms with Gasteiger partial charge in [-0.05, 0) is 61.1 Å². The summed E-state index contributed by atoms with van der Waals surface area (Å²) in [4.78, 5) is 25.6. The van der Waals surface area contributed by atoms with E-state index in [4.69, 9.17) is 15.2 Å². The maximum Gasteiger partial charge on any atom is 0.278 e. The molecule has 4 rings (SSSR count). The molecule has 4 N–H and O–H groups in total. The molecule has 0 aliphatic carbocycles. The molecule has 2 aromatic carbocycles. The highest BCUT2D eigenvalue weighted by Gasteiger charge is 2.47. The molecule has 0 radical (unpaired) electrons. The van der Waals surface area contributed by atoms with Crippen LogP contribution in [-0.4, -0.2) is 97.6 Å². The van der Waals surface area contributed by atoms with E-state index in [1.807, 2.05) is 44.2 Å². The van der Waals surface area contributed by atoms with Gasteiger partial charge in [-0.2, -0.15) is 4.31 Å². The Bertz CT molecular complexity index is 1450. The lowest BCUT2D eigenvalue weighted by Gasteiger charge is -2.43. The number of unbranched alkanes of at least 4 members (excludes halogenated alkanes) is 1. The van der Waals surface area contributed by atoms with Crippen molar-refractivity contribution in [2.24, 2.45) is 11.3 Å². The summed E-state index contributed by atoms with van der Waals surface area (Å²) in [7, 11) is -4.18. The predicted molar refractivity (Wildman–Crippen MR) is 179 cm³/mol. The molecule has 0 saturated carbocycles. The van der Waals surface area contributed by atoms with Crippen molar-refractivity contribution in [2.75, 3.05) is 44.8 Å². The molecule has 2 amide bonds. The van der Waals surface area contributed by atoms with Crippen molar-refractivity contribution < 1.29 is 37.7 Å². The van der Waals surface area contributed by atoms with Crippen LogP contribution in [0.4, 0.5) is 15.3 Å². The number of rotatable bonds is 16. The summed E-state index contributed by atoms with van der Waals surface area (Å²) in [6.45, 7) is 4.61. The number of hydrogen-bond acceptors (Lipinski definition) is 10. The van der Waals surface area contributed by atoms with Crippen LogP contribution in [0.2, 0.25) is 0 Å². The van der Waals surface area contributed by atoms with Gasteiger partial charge in [0, 0.05) is 31.2 Å². The Balaban J connectivity index is 1.63. The summed E-state index contributed by atoms with van der Waals surface area (Å²) in [6, 6.07) is 13.5. The van der Waals surface area contributed by atoms with Gasteiger partial charge in [-0.25, -0.2) is 8.42 Å². The summed E-state index contributed by atoms with van der Waals surface area (Å²) >= 11 is 1.11. The van der Waals surface area contributed by atoms with E-state index in [0.717, 1.165) is 35.1 Å². The quantitative estimate of drug-likeness (QED) is 0.175. The number of benzene rings is 2. The van der Waals surface area contributed by atoms with E-state index in [-0.39, 0.29) is 47.9 Å². The van der Waals surface area contributed by atoms with Gasteiger partial charge in [-0.3, -0.25) is 4.79 Å². The number of thioether (sulfide) groups is 1. The Morgan fingerprint density at radius 1 is 1.15 bits per heavy atom. The number of nitrogens with zero attached hydrogens (tertiary/aromatic N) is 2. The second-order valence-corrected chi connectivity index (χ2v) is 15.7. The fourth-order valence-electron chi connectivity index (χ4n) is 6.47. The molecule has 2 saturated heterocycles. The van der Waals surface area contributed by atoms with Gasteiger partial charge in [-0.15, -0.1) is 0 Å². The van der Waals surface area contributed by atoms with E-state index in [0.29, 0.717) is 26.0 Å². The maximum absolute atomic E-state index is 14.2. The van der Waals surface area contributed by atoms with Crippen molar-refractivity contribution in [2.45, 2.75) is 75.3 Å². The number of ether oxygens (including phenoxy) is 2. The molecular formula is C33H47N4O8S2-. The minimum absolute atomic E-state index is 0.0215. The Kier molecular flexibility index (Phi) is 13.0. The molecule has 0 spiro atoms. The molecule has 2 fully saturated rings. The predicted octanol–water partition coefficient (Wildman–Crippen LogP) is 2.91. The second-order valence-electron chi connectivity index (χ2n) is 13.0. The molecule has 2 aromatic rings. The van der Waals surface area contributed by atoms with Crippen LogP contribution < -0.4 is 16.2 Å². The molecule has 0 bridgehead atoms. The number of carbonyl (C=O) groups excluding carboxylic acids is 2. The summed E-state index contributed by atoms with van der Waals surface area (Å²) in [6.07, 6.45) is 1.09. The third-order valence-corrected chi connectivity index (χ3v) is 11.2. The lowest BCUT2D eigenvalue weighted by atomic mass is 9.87. The molecule has 0 unspecified atom stereocenters. The van der Waals surface area contributed by atoms with Crippen LogP contribution in [0.5, 0.6) is 0 Å². The van der Waals surface area contributed by atoms with Crippen molar-refractivity contribution in [3.05, 3.63) is 60.2 Å². The first-order valence-corrected chi connectivity index (χ1v) is 18.6. The van der Waals surface area contributed by atoms with Crippen molar-refractivity contribution >= 4 is 38.8 Å². The van der Waals surface area contributed by atoms with E-state index < -0.39 is 46.0 Å². The van der Waals surface area contributed by atoms with Gasteiger partial charge in [0.15, 0.2) is 6.29 Å². The van der Waals surface area contributed by atoms with Crippen LogP contribution in [0.1, 0.15) is 45.1 Å². The third kappa shape index (κ3) is 9.83. The molecule has 2 aliphatic rings. The molecule has 2 heterocycles. The van der Waals surface area contributed by atoms with Gasteiger partial charge >= 0.3 is 0 Å². The zero-order chi connectivity index (χ0) is 34.2. The summed E-state index contributed by atoms with van der Waals surface area (Å²) in [5, 5.41) is 27.5. The fourth-order valence-corrected chi connectivity index (χ4v) is 8.42. The fraction of sp³-hybridized carbons (Fsp3) is 0.576. The Morgan fingerprint density at radius 2 is 1.89 bits per heavy atom. The SMILES string of the molecule is CSC(=O)NCCCCC(C)(C)CN(C[C@@H](O)[C@H](Cc1ccccc1)N(C(=O)[O-])[C@H]1CO[C@H]2OCC[C@H]21)S(=O)(=O)c1cccc(N)c1. The number of aliphatic hydroxyl groups is 1. The first kappa shape index (κ1) is 36.9. The number of carbonyl (C=O) groups is 2. The molecule has 5 atom stereocenters. The first-order valence-electron chi connectivity index (χ1n) is 15.9. The van der Waals surface area contributed by atoms with Gasteiger partial charge in [-0.1, -0.05) is 68.4 Å². The van der Waals surface area contributed by atoms with Crippen LogP contribution in [0.15, 0.2) is 59.5 Å². The van der Waals surface area contributed by atoms with E-state index in [1.54, 1.807) is 18.4 Å². The number of nitrogens with two attached hydrogens (primary N) is 1. The Hall–Kier alpha value is -2.88. The molecule has 2 aliphatic heterocycles. The lowest BCUT2D eigenvalue weighted by Crippen LogP contribution is -2.61. The highest BCUT2D eigenvalue weighted by molar-refractivity contribution is 8.12. The van der Waals surface area contributed by atoms with Crippen LogP contribution in [-0.2, 0) is 25.9 Å². The smallest absolute Gasteiger partial charge is 0.278 e.